The minimum Gasteiger partial charge on any atom is -0.466 e. The fraction of sp³-hybridized carbons (Fsp3) is 0.550. The summed E-state index contributed by atoms with van der Waals surface area (Å²) in [6.45, 7) is 6.36. The smallest absolute Gasteiger partial charge is 0.215 e. The summed E-state index contributed by atoms with van der Waals surface area (Å²) >= 11 is 6.05. The maximum Gasteiger partial charge on any atom is 0.215 e. The number of nitrogens with zero attached hydrogens (tertiary/aromatic N) is 7. The van der Waals surface area contributed by atoms with Crippen molar-refractivity contribution in [3.63, 3.8) is 0 Å². The lowest BCUT2D eigenvalue weighted by atomic mass is 9.84. The van der Waals surface area contributed by atoms with Crippen LogP contribution in [-0.2, 0) is 5.54 Å². The van der Waals surface area contributed by atoms with Gasteiger partial charge in [-0.2, -0.15) is 5.10 Å². The van der Waals surface area contributed by atoms with E-state index in [1.807, 2.05) is 16.8 Å². The van der Waals surface area contributed by atoms with Gasteiger partial charge in [0.05, 0.1) is 5.54 Å². The average molecular weight is 431 g/mol. The predicted octanol–water partition coefficient (Wildman–Crippen LogP) is 3.51. The third-order valence-corrected chi connectivity index (χ3v) is 5.87. The number of aromatic nitrogens is 7. The van der Waals surface area contributed by atoms with Crippen LogP contribution in [0.2, 0.25) is 5.02 Å². The molecule has 0 saturated heterocycles. The molecule has 1 aliphatic carbocycles. The summed E-state index contributed by atoms with van der Waals surface area (Å²) < 4.78 is 9.94. The van der Waals surface area contributed by atoms with Gasteiger partial charge in [0.1, 0.15) is 24.4 Å². The van der Waals surface area contributed by atoms with Crippen molar-refractivity contribution in [2.45, 2.75) is 64.3 Å². The van der Waals surface area contributed by atoms with Crippen molar-refractivity contribution in [3.8, 4) is 5.75 Å². The zero-order chi connectivity index (χ0) is 21.4. The van der Waals surface area contributed by atoms with Crippen molar-refractivity contribution in [2.24, 2.45) is 11.1 Å². The Balaban J connectivity index is 1.79. The van der Waals surface area contributed by atoms with Gasteiger partial charge < -0.3 is 10.5 Å². The maximum atomic E-state index is 6.74. The molecule has 30 heavy (non-hydrogen) atoms. The molecule has 3 aromatic rings. The van der Waals surface area contributed by atoms with E-state index >= 15 is 0 Å². The molecule has 2 atom stereocenters. The standard InChI is InChI=1S/C20H27ClN8O/c1-19(2,3)16(29-18(25-26-27-29)20(22)10-4-5-11-20)17(28-13-23-12-24-28)30-15-8-6-14(21)7-9-15/h6-9,12-13,16-17H,4-5,10-11,22H2,1-3H3. The zero-order valence-corrected chi connectivity index (χ0v) is 18.2. The molecule has 1 fully saturated rings. The quantitative estimate of drug-likeness (QED) is 0.637. The van der Waals surface area contributed by atoms with Gasteiger partial charge in [0.15, 0.2) is 5.82 Å². The normalized spacial score (nSPS) is 18.3. The predicted molar refractivity (Wildman–Crippen MR) is 112 cm³/mol. The number of hydrogen-bond acceptors (Lipinski definition) is 7. The highest BCUT2D eigenvalue weighted by atomic mass is 35.5. The lowest BCUT2D eigenvalue weighted by Crippen LogP contribution is -2.43. The van der Waals surface area contributed by atoms with Crippen LogP contribution in [0, 0.1) is 5.41 Å². The molecule has 1 saturated carbocycles. The van der Waals surface area contributed by atoms with Crippen LogP contribution in [0.3, 0.4) is 0 Å². The Morgan fingerprint density at radius 3 is 2.47 bits per heavy atom. The molecule has 10 heteroatoms. The van der Waals surface area contributed by atoms with Crippen LogP contribution in [-0.4, -0.2) is 35.0 Å². The number of nitrogens with two attached hydrogens (primary N) is 1. The molecule has 2 aromatic heterocycles. The van der Waals surface area contributed by atoms with Crippen LogP contribution in [0.4, 0.5) is 0 Å². The lowest BCUT2D eigenvalue weighted by Gasteiger charge is -2.38. The number of benzene rings is 1. The molecule has 9 nitrogen and oxygen atoms in total. The van der Waals surface area contributed by atoms with E-state index in [1.54, 1.807) is 23.1 Å². The Kier molecular flexibility index (Phi) is 5.50. The van der Waals surface area contributed by atoms with Crippen LogP contribution in [0.25, 0.3) is 0 Å². The van der Waals surface area contributed by atoms with E-state index in [-0.39, 0.29) is 11.5 Å². The molecule has 1 aliphatic rings. The maximum absolute atomic E-state index is 6.74. The van der Waals surface area contributed by atoms with E-state index in [1.165, 1.54) is 6.33 Å². The Labute approximate surface area is 180 Å². The molecule has 0 spiro atoms. The number of rotatable bonds is 6. The summed E-state index contributed by atoms with van der Waals surface area (Å²) in [6, 6.07) is 6.93. The first kappa shape index (κ1) is 20.7. The van der Waals surface area contributed by atoms with Gasteiger partial charge in [0.2, 0.25) is 6.23 Å². The van der Waals surface area contributed by atoms with Gasteiger partial charge in [0, 0.05) is 5.02 Å². The van der Waals surface area contributed by atoms with Crippen molar-refractivity contribution in [1.29, 1.82) is 0 Å². The largest absolute Gasteiger partial charge is 0.466 e. The highest BCUT2D eigenvalue weighted by Gasteiger charge is 2.44. The van der Waals surface area contributed by atoms with Crippen molar-refractivity contribution in [3.05, 3.63) is 47.8 Å². The van der Waals surface area contributed by atoms with Gasteiger partial charge in [0.25, 0.3) is 0 Å². The first-order chi connectivity index (χ1) is 14.3. The molecule has 0 radical (unpaired) electrons. The Bertz CT molecular complexity index is 958. The summed E-state index contributed by atoms with van der Waals surface area (Å²) in [6.07, 6.45) is 6.42. The van der Waals surface area contributed by atoms with E-state index in [4.69, 9.17) is 22.1 Å². The third kappa shape index (κ3) is 4.04. The molecule has 2 unspecified atom stereocenters. The highest BCUT2D eigenvalue weighted by molar-refractivity contribution is 6.30. The molecular formula is C20H27ClN8O. The van der Waals surface area contributed by atoms with Gasteiger partial charge >= 0.3 is 0 Å². The van der Waals surface area contributed by atoms with Crippen molar-refractivity contribution < 1.29 is 4.74 Å². The van der Waals surface area contributed by atoms with Crippen LogP contribution >= 0.6 is 11.6 Å². The van der Waals surface area contributed by atoms with Crippen LogP contribution in [0.1, 0.15) is 64.5 Å². The molecule has 0 bridgehead atoms. The second-order valence-corrected chi connectivity index (χ2v) is 9.40. The summed E-state index contributed by atoms with van der Waals surface area (Å²) in [5.74, 6) is 1.34. The molecule has 0 aliphatic heterocycles. The van der Waals surface area contributed by atoms with E-state index in [9.17, 15) is 0 Å². The van der Waals surface area contributed by atoms with Gasteiger partial charge in [-0.1, -0.05) is 45.2 Å². The van der Waals surface area contributed by atoms with Crippen LogP contribution < -0.4 is 10.5 Å². The molecule has 2 heterocycles. The second kappa shape index (κ2) is 7.96. The zero-order valence-electron chi connectivity index (χ0n) is 17.4. The van der Waals surface area contributed by atoms with Gasteiger partial charge in [-0.3, -0.25) is 0 Å². The summed E-state index contributed by atoms with van der Waals surface area (Å²) in [5, 5.41) is 17.7. The van der Waals surface area contributed by atoms with Gasteiger partial charge in [-0.25, -0.2) is 14.3 Å². The first-order valence-corrected chi connectivity index (χ1v) is 10.5. The Hall–Kier alpha value is -2.52. The second-order valence-electron chi connectivity index (χ2n) is 8.96. The number of halogens is 1. The van der Waals surface area contributed by atoms with E-state index in [0.29, 0.717) is 16.6 Å². The fourth-order valence-corrected chi connectivity index (χ4v) is 4.24. The molecule has 1 aromatic carbocycles. The minimum atomic E-state index is -0.555. The van der Waals surface area contributed by atoms with Crippen LogP contribution in [0.5, 0.6) is 5.75 Å². The van der Waals surface area contributed by atoms with Gasteiger partial charge in [-0.15, -0.1) is 5.10 Å². The van der Waals surface area contributed by atoms with Crippen molar-refractivity contribution in [2.75, 3.05) is 0 Å². The van der Waals surface area contributed by atoms with Crippen molar-refractivity contribution >= 4 is 11.6 Å². The molecule has 4 rings (SSSR count). The topological polar surface area (TPSA) is 110 Å². The number of ether oxygens (including phenoxy) is 1. The van der Waals surface area contributed by atoms with E-state index < -0.39 is 11.8 Å². The molecule has 160 valence electrons. The minimum absolute atomic E-state index is 0.290. The number of hydrogen-bond donors (Lipinski definition) is 1. The Morgan fingerprint density at radius 2 is 1.87 bits per heavy atom. The first-order valence-electron chi connectivity index (χ1n) is 10.1. The third-order valence-electron chi connectivity index (χ3n) is 5.62. The van der Waals surface area contributed by atoms with Crippen molar-refractivity contribution in [1.82, 2.24) is 35.0 Å². The SMILES string of the molecule is CC(C)(C)C(C(Oc1ccc(Cl)cc1)n1cncn1)n1nnnc1C1(N)CCCC1. The number of tetrazole rings is 1. The van der Waals surface area contributed by atoms with E-state index in [2.05, 4.69) is 46.4 Å². The lowest BCUT2D eigenvalue weighted by molar-refractivity contribution is -0.00202. The van der Waals surface area contributed by atoms with Gasteiger partial charge in [-0.05, 0) is 52.9 Å². The summed E-state index contributed by atoms with van der Waals surface area (Å²) in [5.41, 5.74) is 5.91. The summed E-state index contributed by atoms with van der Waals surface area (Å²) in [7, 11) is 0. The highest BCUT2D eigenvalue weighted by Crippen LogP contribution is 2.43. The molecule has 2 N–H and O–H groups in total. The summed E-state index contributed by atoms with van der Waals surface area (Å²) in [4.78, 5) is 4.12. The van der Waals surface area contributed by atoms with Crippen LogP contribution in [0.15, 0.2) is 36.9 Å². The van der Waals surface area contributed by atoms with E-state index in [0.717, 1.165) is 25.7 Å². The Morgan fingerprint density at radius 1 is 1.17 bits per heavy atom. The monoisotopic (exact) mass is 430 g/mol. The average Bonchev–Trinajstić information content (AvgIpc) is 3.43. The molecular weight excluding hydrogens is 404 g/mol. The molecule has 0 amide bonds. The fourth-order valence-electron chi connectivity index (χ4n) is 4.12.